The third kappa shape index (κ3) is 3.89. The van der Waals surface area contributed by atoms with Crippen LogP contribution in [0.4, 0.5) is 22.7 Å². The summed E-state index contributed by atoms with van der Waals surface area (Å²) >= 11 is 0. The van der Waals surface area contributed by atoms with Gasteiger partial charge in [-0.15, -0.1) is 0 Å². The molecule has 3 N–H and O–H groups in total. The molecule has 6 rings (SSSR count). The summed E-state index contributed by atoms with van der Waals surface area (Å²) in [5.74, 6) is 0. The Bertz CT molecular complexity index is 1530. The number of hydrogen-bond acceptors (Lipinski definition) is 4. The average molecular weight is 479 g/mol. The quantitative estimate of drug-likeness (QED) is 0.328. The molecule has 0 spiro atoms. The number of nitrogens with zero attached hydrogens (tertiary/aromatic N) is 1. The molecule has 0 saturated carbocycles. The van der Waals surface area contributed by atoms with Crippen LogP contribution in [0.2, 0.25) is 0 Å². The van der Waals surface area contributed by atoms with Crippen LogP contribution in [0.25, 0.3) is 21.5 Å². The molecule has 0 saturated heterocycles. The minimum atomic E-state index is -3.44. The Labute approximate surface area is 209 Å². The first-order valence-corrected chi connectivity index (χ1v) is 12.3. The number of benzene rings is 4. The van der Waals surface area contributed by atoms with E-state index in [1.807, 2.05) is 54.6 Å². The van der Waals surface area contributed by atoms with Crippen LogP contribution in [-0.2, 0) is 20.4 Å². The first-order valence-electron chi connectivity index (χ1n) is 9.36. The molecule has 0 radical (unpaired) electrons. The van der Waals surface area contributed by atoms with Gasteiger partial charge in [0, 0.05) is 17.8 Å². The van der Waals surface area contributed by atoms with E-state index in [-0.39, 0.29) is 31.0 Å². The van der Waals surface area contributed by atoms with Crippen molar-refractivity contribution in [3.05, 3.63) is 72.8 Å². The second-order valence-electron chi connectivity index (χ2n) is 7.17. The summed E-state index contributed by atoms with van der Waals surface area (Å²) in [7, 11) is -5.33. The number of hydrogen-bond donors (Lipinski definition) is 3. The molecule has 0 fully saturated rings. The number of rotatable bonds is 0. The van der Waals surface area contributed by atoms with Crippen molar-refractivity contribution >= 4 is 64.7 Å². The van der Waals surface area contributed by atoms with Gasteiger partial charge >= 0.3 is 50.0 Å². The molecular formula is C21H19N4NaO4S2. The molecule has 4 aromatic carbocycles. The summed E-state index contributed by atoms with van der Waals surface area (Å²) in [6.07, 6.45) is 0. The van der Waals surface area contributed by atoms with E-state index in [2.05, 4.69) is 14.2 Å². The largest absolute Gasteiger partial charge is 1.00 e. The smallest absolute Gasteiger partial charge is 1.00 e. The normalized spacial score (nSPS) is 16.5. The monoisotopic (exact) mass is 478 g/mol. The zero-order valence-electron chi connectivity index (χ0n) is 18.3. The van der Waals surface area contributed by atoms with Crippen molar-refractivity contribution < 1.29 is 47.8 Å². The van der Waals surface area contributed by atoms with Crippen molar-refractivity contribution in [1.82, 2.24) is 0 Å². The Hall–Kier alpha value is -2.50. The maximum absolute atomic E-state index is 11.8. The minimum absolute atomic E-state index is 0. The van der Waals surface area contributed by atoms with Crippen LogP contribution in [0.3, 0.4) is 0 Å². The average Bonchev–Trinajstić information content (AvgIpc) is 2.72. The van der Waals surface area contributed by atoms with E-state index in [4.69, 9.17) is 0 Å². The van der Waals surface area contributed by atoms with Gasteiger partial charge in [-0.1, -0.05) is 48.5 Å². The topological polar surface area (TPSA) is 108 Å². The summed E-state index contributed by atoms with van der Waals surface area (Å²) in [6, 6.07) is 22.3. The van der Waals surface area contributed by atoms with Gasteiger partial charge in [-0.3, -0.25) is 18.5 Å². The van der Waals surface area contributed by atoms with Crippen LogP contribution >= 0.6 is 0 Å². The van der Waals surface area contributed by atoms with Crippen molar-refractivity contribution in [3.63, 3.8) is 0 Å². The fourth-order valence-corrected chi connectivity index (χ4v) is 5.80. The summed E-state index contributed by atoms with van der Waals surface area (Å²) in [5.41, 5.74) is 2.61. The van der Waals surface area contributed by atoms with Crippen molar-refractivity contribution in [2.24, 2.45) is 0 Å². The molecule has 11 heteroatoms. The zero-order chi connectivity index (χ0) is 21.8. The summed E-state index contributed by atoms with van der Waals surface area (Å²) in [4.78, 5) is 0. The van der Waals surface area contributed by atoms with Gasteiger partial charge in [0.1, 0.15) is 0 Å². The van der Waals surface area contributed by atoms with Gasteiger partial charge in [0.25, 0.3) is 0 Å². The van der Waals surface area contributed by atoms with Crippen LogP contribution in [0.1, 0.15) is 1.43 Å². The van der Waals surface area contributed by atoms with Crippen molar-refractivity contribution in [2.75, 3.05) is 25.5 Å². The maximum Gasteiger partial charge on any atom is 1.00 e. The predicted molar refractivity (Wildman–Crippen MR) is 126 cm³/mol. The molecule has 2 aliphatic heterocycles. The molecule has 0 aliphatic carbocycles. The van der Waals surface area contributed by atoms with Gasteiger partial charge in [0.15, 0.2) is 0 Å². The van der Waals surface area contributed by atoms with E-state index in [1.165, 1.54) is 4.31 Å². The van der Waals surface area contributed by atoms with Crippen LogP contribution in [0.5, 0.6) is 0 Å². The van der Waals surface area contributed by atoms with E-state index >= 15 is 0 Å². The molecule has 0 atom stereocenters. The van der Waals surface area contributed by atoms with Gasteiger partial charge in [0.05, 0.1) is 22.7 Å². The Morgan fingerprint density at radius 1 is 0.656 bits per heavy atom. The second-order valence-corrected chi connectivity index (χ2v) is 10.3. The Kier molecular flexibility index (Phi) is 5.76. The number of anilines is 4. The molecule has 0 unspecified atom stereocenters. The molecule has 0 amide bonds. The van der Waals surface area contributed by atoms with E-state index in [0.29, 0.717) is 22.7 Å². The fourth-order valence-electron chi connectivity index (χ4n) is 3.83. The van der Waals surface area contributed by atoms with Gasteiger partial charge in [0.2, 0.25) is 0 Å². The molecule has 0 aromatic heterocycles. The van der Waals surface area contributed by atoms with Crippen molar-refractivity contribution in [3.8, 4) is 0 Å². The van der Waals surface area contributed by atoms with Crippen molar-refractivity contribution in [2.45, 2.75) is 0 Å². The molecule has 2 heterocycles. The Morgan fingerprint density at radius 2 is 1.09 bits per heavy atom. The third-order valence-electron chi connectivity index (χ3n) is 5.21. The molecular weight excluding hydrogens is 459 g/mol. The van der Waals surface area contributed by atoms with Gasteiger partial charge < -0.3 is 1.43 Å². The van der Waals surface area contributed by atoms with E-state index in [9.17, 15) is 16.8 Å². The standard InChI is InChI=1S/C11H10N2O2S.C10H8N2O2S.Na.H/c1-13-10-7-3-5-8-4-2-6-9(11(8)10)12-16(13,14)15;13-15(14)11-8-5-1-3-7-4-2-6-9(12-15)10(7)8;;/h2-7,12H,1H3;1-6,11-12H;;/q;;+1;-1. The van der Waals surface area contributed by atoms with Crippen LogP contribution in [-0.4, -0.2) is 23.9 Å². The Balaban J connectivity index is 0.000000175. The summed E-state index contributed by atoms with van der Waals surface area (Å²) in [5, 5.41) is 3.90. The van der Waals surface area contributed by atoms with E-state index in [0.717, 1.165) is 21.5 Å². The molecule has 32 heavy (non-hydrogen) atoms. The molecule has 0 bridgehead atoms. The SMILES string of the molecule is CN1c2cccc3cccc(c23)NS1(=O)=O.O=S1(=O)Nc2cccc3cccc(c23)N1.[H-].[Na+]. The van der Waals surface area contributed by atoms with E-state index in [1.54, 1.807) is 25.2 Å². The fraction of sp³-hybridized carbons (Fsp3) is 0.0476. The van der Waals surface area contributed by atoms with Crippen LogP contribution in [0, 0.1) is 0 Å². The number of nitrogens with one attached hydrogen (secondary N) is 3. The second kappa shape index (κ2) is 8.13. The summed E-state index contributed by atoms with van der Waals surface area (Å²) < 4.78 is 55.2. The molecule has 2 aliphatic rings. The zero-order valence-corrected chi connectivity index (χ0v) is 21.0. The Morgan fingerprint density at radius 3 is 1.62 bits per heavy atom. The molecule has 8 nitrogen and oxygen atoms in total. The summed E-state index contributed by atoms with van der Waals surface area (Å²) in [6.45, 7) is 0. The third-order valence-corrected chi connectivity index (χ3v) is 7.59. The van der Waals surface area contributed by atoms with Crippen molar-refractivity contribution in [1.29, 1.82) is 0 Å². The molecule has 4 aromatic rings. The molecule has 160 valence electrons. The first-order chi connectivity index (χ1) is 14.8. The van der Waals surface area contributed by atoms with Gasteiger partial charge in [-0.05, 0) is 35.0 Å². The van der Waals surface area contributed by atoms with Crippen LogP contribution in [0.15, 0.2) is 72.8 Å². The van der Waals surface area contributed by atoms with Crippen LogP contribution < -0.4 is 48.0 Å². The van der Waals surface area contributed by atoms with Gasteiger partial charge in [-0.25, -0.2) is 0 Å². The minimum Gasteiger partial charge on any atom is -1.00 e. The first kappa shape index (κ1) is 22.7. The predicted octanol–water partition coefficient (Wildman–Crippen LogP) is 0.985. The maximum atomic E-state index is 11.8. The van der Waals surface area contributed by atoms with Gasteiger partial charge in [-0.2, -0.15) is 16.8 Å². The van der Waals surface area contributed by atoms with E-state index < -0.39 is 20.4 Å².